The van der Waals surface area contributed by atoms with E-state index in [0.717, 1.165) is 65.6 Å². The number of ether oxygens (including phenoxy) is 1. The Hall–Kier alpha value is -4.85. The normalized spacial score (nSPS) is 15.9. The number of piperidine rings is 1. The molecule has 5 aromatic rings. The summed E-state index contributed by atoms with van der Waals surface area (Å²) in [6.07, 6.45) is 4.81. The van der Waals surface area contributed by atoms with Crippen molar-refractivity contribution in [1.29, 1.82) is 0 Å². The lowest BCUT2D eigenvalue weighted by molar-refractivity contribution is -0.139. The van der Waals surface area contributed by atoms with Crippen molar-refractivity contribution < 1.29 is 22.7 Å². The average Bonchev–Trinajstić information content (AvgIpc) is 3.60. The molecule has 0 atom stereocenters. The van der Waals surface area contributed by atoms with Crippen LogP contribution in [0.4, 0.5) is 30.4 Å². The van der Waals surface area contributed by atoms with E-state index in [4.69, 9.17) is 15.6 Å². The topological polar surface area (TPSA) is 128 Å². The minimum absolute atomic E-state index is 0.0908. The van der Waals surface area contributed by atoms with Crippen LogP contribution in [0, 0.1) is 0 Å². The summed E-state index contributed by atoms with van der Waals surface area (Å²) in [5.41, 5.74) is 10.1. The van der Waals surface area contributed by atoms with Gasteiger partial charge in [0.15, 0.2) is 5.65 Å². The number of amides is 1. The molecule has 7 rings (SSSR count). The van der Waals surface area contributed by atoms with Crippen LogP contribution in [0.3, 0.4) is 0 Å². The largest absolute Gasteiger partial charge is 0.490 e. The lowest BCUT2D eigenvalue weighted by Gasteiger charge is -2.30. The predicted molar refractivity (Wildman–Crippen MR) is 166 cm³/mol. The van der Waals surface area contributed by atoms with Crippen LogP contribution in [0.15, 0.2) is 55.0 Å². The van der Waals surface area contributed by atoms with E-state index in [1.165, 1.54) is 12.1 Å². The number of nitrogens with zero attached hydrogens (tertiary/aromatic N) is 6. The van der Waals surface area contributed by atoms with Crippen LogP contribution in [0.1, 0.15) is 37.3 Å². The molecule has 5 heterocycles. The summed E-state index contributed by atoms with van der Waals surface area (Å²) in [7, 11) is 3.86. The smallest absolute Gasteiger partial charge is 0.420 e. The maximum atomic E-state index is 13.1. The number of hydrogen-bond acceptors (Lipinski definition) is 8. The van der Waals surface area contributed by atoms with Gasteiger partial charge in [-0.25, -0.2) is 9.97 Å². The van der Waals surface area contributed by atoms with E-state index >= 15 is 0 Å². The highest BCUT2D eigenvalue weighted by Crippen LogP contribution is 2.41. The molecule has 0 unspecified atom stereocenters. The summed E-state index contributed by atoms with van der Waals surface area (Å²) >= 11 is 0. The van der Waals surface area contributed by atoms with Gasteiger partial charge in [0, 0.05) is 44.4 Å². The zero-order chi connectivity index (χ0) is 31.7. The summed E-state index contributed by atoms with van der Waals surface area (Å²) in [5.74, 6) is 0.328. The van der Waals surface area contributed by atoms with Gasteiger partial charge in [0.05, 0.1) is 33.9 Å². The number of hydrogen-bond donors (Lipinski definition) is 3. The van der Waals surface area contributed by atoms with Gasteiger partial charge in [0.2, 0.25) is 6.41 Å². The van der Waals surface area contributed by atoms with Gasteiger partial charge in [-0.1, -0.05) is 0 Å². The second-order valence-corrected chi connectivity index (χ2v) is 11.2. The number of nitrogens with one attached hydrogen (secondary N) is 2. The average molecular weight is 622 g/mol. The first-order valence-corrected chi connectivity index (χ1v) is 14.7. The molecule has 14 heteroatoms. The number of carbonyl (C=O) groups excluding carboxylic acids is 1. The molecule has 1 amide bonds. The second kappa shape index (κ2) is 12.3. The number of carbonyl (C=O) groups is 1. The number of benzene rings is 1. The van der Waals surface area contributed by atoms with Crippen molar-refractivity contribution in [2.45, 2.75) is 44.0 Å². The minimum atomic E-state index is -4.53. The number of fused-ring (bicyclic) bond motifs is 2. The number of alkyl halides is 3. The van der Waals surface area contributed by atoms with Gasteiger partial charge in [0.25, 0.3) is 0 Å². The minimum Gasteiger partial charge on any atom is -0.490 e. The highest BCUT2D eigenvalue weighted by molar-refractivity contribution is 6.00. The molecule has 0 spiro atoms. The molecule has 45 heavy (non-hydrogen) atoms. The van der Waals surface area contributed by atoms with E-state index in [9.17, 15) is 18.0 Å². The van der Waals surface area contributed by atoms with E-state index in [1.807, 2.05) is 42.9 Å². The van der Waals surface area contributed by atoms with E-state index in [2.05, 4.69) is 30.2 Å². The third-order valence-electron chi connectivity index (χ3n) is 8.07. The standard InChI is InChI=1S/C17H17N7.C14H17F3N2O2/c1-19-11-4-5-13(23-9-8-21-17(11)23)15-14-12(6-7-20-16(14)18)24(22-15)10-2-3-10;1-19-6-4-11(5-7-19)21-13-3-2-10(18-9-20)8-12(13)14(15,16)17/h4-10,19H,2-3H2,1H3,(H2,18,20);2-3,8-9,11H,4-7H2,1H3,(H,18,20). The molecule has 236 valence electrons. The van der Waals surface area contributed by atoms with Gasteiger partial charge in [0.1, 0.15) is 23.4 Å². The maximum Gasteiger partial charge on any atom is 0.420 e. The molecule has 1 aliphatic carbocycles. The molecule has 1 saturated heterocycles. The van der Waals surface area contributed by atoms with Gasteiger partial charge in [-0.3, -0.25) is 13.9 Å². The van der Waals surface area contributed by atoms with Crippen molar-refractivity contribution in [2.24, 2.45) is 0 Å². The summed E-state index contributed by atoms with van der Waals surface area (Å²) in [6.45, 7) is 1.60. The Morgan fingerprint density at radius 2 is 1.82 bits per heavy atom. The maximum absolute atomic E-state index is 13.1. The molecule has 1 aromatic carbocycles. The van der Waals surface area contributed by atoms with Crippen molar-refractivity contribution in [3.63, 3.8) is 0 Å². The molecule has 1 aliphatic heterocycles. The third kappa shape index (κ3) is 6.23. The van der Waals surface area contributed by atoms with Crippen LogP contribution in [-0.2, 0) is 11.0 Å². The molecule has 2 aliphatic rings. The number of pyridine rings is 2. The van der Waals surface area contributed by atoms with Crippen LogP contribution >= 0.6 is 0 Å². The SMILES string of the molecule is CN1CCC(Oc2ccc(NC=O)cc2C(F)(F)F)CC1.CNc1ccc(-c2nn(C3CC3)c3ccnc(N)c23)n2ccnc12. The van der Waals surface area contributed by atoms with Crippen molar-refractivity contribution >= 4 is 40.2 Å². The quantitative estimate of drug-likeness (QED) is 0.205. The Kier molecular flexibility index (Phi) is 8.23. The first-order chi connectivity index (χ1) is 21.7. The van der Waals surface area contributed by atoms with E-state index in [-0.39, 0.29) is 17.5 Å². The van der Waals surface area contributed by atoms with Gasteiger partial charge >= 0.3 is 6.18 Å². The predicted octanol–water partition coefficient (Wildman–Crippen LogP) is 5.45. The number of imidazole rings is 1. The highest BCUT2D eigenvalue weighted by Gasteiger charge is 2.36. The van der Waals surface area contributed by atoms with Crippen LogP contribution in [0.25, 0.3) is 27.9 Å². The van der Waals surface area contributed by atoms with Crippen molar-refractivity contribution in [1.82, 2.24) is 29.0 Å². The van der Waals surface area contributed by atoms with Crippen LogP contribution < -0.4 is 21.1 Å². The number of likely N-dealkylation sites (tertiary alicyclic amines) is 1. The van der Waals surface area contributed by atoms with E-state index in [1.54, 1.807) is 12.4 Å². The summed E-state index contributed by atoms with van der Waals surface area (Å²) < 4.78 is 48.9. The molecule has 1 saturated carbocycles. The number of rotatable bonds is 7. The summed E-state index contributed by atoms with van der Waals surface area (Å²) in [4.78, 5) is 21.2. The van der Waals surface area contributed by atoms with Gasteiger partial charge in [-0.05, 0) is 69.1 Å². The Morgan fingerprint density at radius 1 is 1.04 bits per heavy atom. The Labute approximate surface area is 257 Å². The third-order valence-corrected chi connectivity index (χ3v) is 8.07. The molecule has 0 radical (unpaired) electrons. The second-order valence-electron chi connectivity index (χ2n) is 11.2. The first-order valence-electron chi connectivity index (χ1n) is 14.7. The fourth-order valence-electron chi connectivity index (χ4n) is 5.59. The molecular weight excluding hydrogens is 587 g/mol. The summed E-state index contributed by atoms with van der Waals surface area (Å²) in [6, 6.07) is 10.1. The molecule has 0 bridgehead atoms. The molecule has 4 N–H and O–H groups in total. The van der Waals surface area contributed by atoms with Gasteiger partial charge < -0.3 is 26.0 Å². The number of nitrogens with two attached hydrogens (primary N) is 1. The number of anilines is 3. The first kappa shape index (κ1) is 30.2. The van der Waals surface area contributed by atoms with Crippen LogP contribution in [0.2, 0.25) is 0 Å². The lowest BCUT2D eigenvalue weighted by atomic mass is 10.1. The Balaban J connectivity index is 0.000000161. The molecular formula is C31H34F3N9O2. The number of nitrogen functional groups attached to an aromatic ring is 1. The molecule has 2 fully saturated rings. The van der Waals surface area contributed by atoms with Crippen LogP contribution in [0.5, 0.6) is 5.75 Å². The van der Waals surface area contributed by atoms with E-state index < -0.39 is 11.7 Å². The zero-order valence-corrected chi connectivity index (χ0v) is 24.9. The number of aromatic nitrogens is 5. The van der Waals surface area contributed by atoms with E-state index in [0.29, 0.717) is 31.1 Å². The fourth-order valence-corrected chi connectivity index (χ4v) is 5.59. The molecule has 11 nitrogen and oxygen atoms in total. The molecule has 4 aromatic heterocycles. The Morgan fingerprint density at radius 3 is 2.51 bits per heavy atom. The monoisotopic (exact) mass is 621 g/mol. The van der Waals surface area contributed by atoms with Crippen molar-refractivity contribution in [3.05, 3.63) is 60.6 Å². The van der Waals surface area contributed by atoms with Crippen molar-refractivity contribution in [3.8, 4) is 17.1 Å². The highest BCUT2D eigenvalue weighted by atomic mass is 19.4. The lowest BCUT2D eigenvalue weighted by Crippen LogP contribution is -2.36. The van der Waals surface area contributed by atoms with Crippen LogP contribution in [-0.4, -0.2) is 68.7 Å². The summed E-state index contributed by atoms with van der Waals surface area (Å²) in [5, 5.41) is 11.2. The van der Waals surface area contributed by atoms with Gasteiger partial charge in [-0.15, -0.1) is 0 Å². The fraction of sp³-hybridized carbons (Fsp3) is 0.355. The van der Waals surface area contributed by atoms with Crippen molar-refractivity contribution in [2.75, 3.05) is 43.6 Å². The Bertz CT molecular complexity index is 1820. The number of halogens is 3. The zero-order valence-electron chi connectivity index (χ0n) is 24.9. The van der Waals surface area contributed by atoms with Gasteiger partial charge in [-0.2, -0.15) is 18.3 Å².